The number of aromatic amines is 1. The lowest BCUT2D eigenvalue weighted by Gasteiger charge is -2.15. The highest BCUT2D eigenvalue weighted by Gasteiger charge is 2.34. The minimum atomic E-state index is -4.61. The molecule has 4 aromatic rings. The van der Waals surface area contributed by atoms with Gasteiger partial charge >= 0.3 is 6.18 Å². The molecule has 1 fully saturated rings. The molecule has 5 rings (SSSR count). The van der Waals surface area contributed by atoms with Crippen LogP contribution in [0.2, 0.25) is 0 Å². The number of hydrogen-bond donors (Lipinski definition) is 2. The standard InChI is InChI=1S/C19H17F3N6O2S/c20-19(21,22)12-2-1-3-14(9-12)31(29,30)27-13-5-4-11(8-13)18-26-25-16-10-24-17-15(28(16)18)6-7-23-17/h1-3,6-7,9-11,13,23,27H,4-5,8H2/t11-,13+/m1/s1. The van der Waals surface area contributed by atoms with E-state index in [1.807, 2.05) is 10.5 Å². The number of rotatable bonds is 4. The zero-order valence-corrected chi connectivity index (χ0v) is 16.8. The second kappa shape index (κ2) is 7.02. The molecule has 0 spiro atoms. The van der Waals surface area contributed by atoms with E-state index in [4.69, 9.17) is 0 Å². The Morgan fingerprint density at radius 1 is 1.16 bits per heavy atom. The molecular formula is C19H17F3N6O2S. The summed E-state index contributed by atoms with van der Waals surface area (Å²) in [7, 11) is -4.09. The largest absolute Gasteiger partial charge is 0.416 e. The van der Waals surface area contributed by atoms with Crippen LogP contribution in [-0.2, 0) is 16.2 Å². The fourth-order valence-electron chi connectivity index (χ4n) is 4.11. The summed E-state index contributed by atoms with van der Waals surface area (Å²) in [6, 6.07) is 5.19. The van der Waals surface area contributed by atoms with Crippen LogP contribution in [0.25, 0.3) is 16.8 Å². The third-order valence-corrected chi connectivity index (χ3v) is 7.08. The quantitative estimate of drug-likeness (QED) is 0.497. The van der Waals surface area contributed by atoms with Crippen LogP contribution in [0.1, 0.15) is 36.6 Å². The topological polar surface area (TPSA) is 105 Å². The van der Waals surface area contributed by atoms with Gasteiger partial charge in [-0.15, -0.1) is 10.2 Å². The molecule has 162 valence electrons. The summed E-state index contributed by atoms with van der Waals surface area (Å²) < 4.78 is 68.7. The second-order valence-corrected chi connectivity index (χ2v) is 9.29. The van der Waals surface area contributed by atoms with E-state index in [0.29, 0.717) is 42.4 Å². The Balaban J connectivity index is 1.38. The predicted octanol–water partition coefficient (Wildman–Crippen LogP) is 3.24. The Labute approximate surface area is 174 Å². The molecule has 2 atom stereocenters. The average molecular weight is 450 g/mol. The molecule has 0 aliphatic heterocycles. The van der Waals surface area contributed by atoms with Crippen molar-refractivity contribution in [2.75, 3.05) is 0 Å². The van der Waals surface area contributed by atoms with Gasteiger partial charge in [0.2, 0.25) is 10.0 Å². The lowest BCUT2D eigenvalue weighted by molar-refractivity contribution is -0.137. The number of hydrogen-bond acceptors (Lipinski definition) is 5. The first-order valence-electron chi connectivity index (χ1n) is 9.59. The summed E-state index contributed by atoms with van der Waals surface area (Å²) >= 11 is 0. The minimum Gasteiger partial charge on any atom is -0.345 e. The van der Waals surface area contributed by atoms with Gasteiger partial charge in [-0.3, -0.25) is 4.40 Å². The van der Waals surface area contributed by atoms with Gasteiger partial charge in [0.25, 0.3) is 0 Å². The smallest absolute Gasteiger partial charge is 0.345 e. The van der Waals surface area contributed by atoms with E-state index in [1.54, 1.807) is 12.4 Å². The maximum atomic E-state index is 12.9. The second-order valence-electron chi connectivity index (χ2n) is 7.58. The molecule has 1 aliphatic rings. The minimum absolute atomic E-state index is 0.0512. The molecule has 3 aromatic heterocycles. The predicted molar refractivity (Wildman–Crippen MR) is 105 cm³/mol. The molecule has 2 N–H and O–H groups in total. The van der Waals surface area contributed by atoms with Gasteiger partial charge in [0.05, 0.1) is 22.2 Å². The molecule has 31 heavy (non-hydrogen) atoms. The van der Waals surface area contributed by atoms with Gasteiger partial charge in [0, 0.05) is 18.2 Å². The van der Waals surface area contributed by atoms with E-state index in [0.717, 1.165) is 23.7 Å². The van der Waals surface area contributed by atoms with Gasteiger partial charge < -0.3 is 4.98 Å². The fourth-order valence-corrected chi connectivity index (χ4v) is 5.44. The lowest BCUT2D eigenvalue weighted by atomic mass is 10.1. The molecule has 3 heterocycles. The van der Waals surface area contributed by atoms with E-state index in [2.05, 4.69) is 24.9 Å². The first-order valence-corrected chi connectivity index (χ1v) is 11.1. The first-order chi connectivity index (χ1) is 14.7. The lowest BCUT2D eigenvalue weighted by Crippen LogP contribution is -2.33. The first kappa shape index (κ1) is 19.9. The number of alkyl halides is 3. The normalized spacial score (nSPS) is 20.1. The Bertz CT molecular complexity index is 1380. The average Bonchev–Trinajstić information content (AvgIpc) is 3.45. The van der Waals surface area contributed by atoms with Crippen LogP contribution in [0.5, 0.6) is 0 Å². The SMILES string of the molecule is O=S(=O)(N[C@H]1CC[C@@H](c2nnc3cnc4[nH]ccc4n23)C1)c1cccc(C(F)(F)F)c1. The van der Waals surface area contributed by atoms with Gasteiger partial charge in [-0.1, -0.05) is 6.07 Å². The van der Waals surface area contributed by atoms with Crippen LogP contribution in [0.4, 0.5) is 13.2 Å². The van der Waals surface area contributed by atoms with Crippen LogP contribution in [0.15, 0.2) is 47.6 Å². The number of fused-ring (bicyclic) bond motifs is 3. The fraction of sp³-hybridized carbons (Fsp3) is 0.316. The van der Waals surface area contributed by atoms with Gasteiger partial charge in [-0.05, 0) is 43.5 Å². The van der Waals surface area contributed by atoms with E-state index >= 15 is 0 Å². The number of sulfonamides is 1. The third-order valence-electron chi connectivity index (χ3n) is 5.56. The van der Waals surface area contributed by atoms with Gasteiger partial charge in [-0.25, -0.2) is 18.1 Å². The van der Waals surface area contributed by atoms with Crippen LogP contribution < -0.4 is 4.72 Å². The highest BCUT2D eigenvalue weighted by atomic mass is 32.2. The van der Waals surface area contributed by atoms with E-state index in [-0.39, 0.29) is 5.92 Å². The molecule has 0 amide bonds. The van der Waals surface area contributed by atoms with Crippen molar-refractivity contribution in [2.45, 2.75) is 42.3 Å². The molecule has 0 radical (unpaired) electrons. The Kier molecular flexibility index (Phi) is 4.52. The molecule has 0 bridgehead atoms. The molecule has 0 saturated heterocycles. The summed E-state index contributed by atoms with van der Waals surface area (Å²) in [5.41, 5.74) is 1.10. The number of aromatic nitrogens is 5. The van der Waals surface area contributed by atoms with Crippen molar-refractivity contribution in [2.24, 2.45) is 0 Å². The number of nitrogens with one attached hydrogen (secondary N) is 2. The molecule has 8 nitrogen and oxygen atoms in total. The summed E-state index contributed by atoms with van der Waals surface area (Å²) in [5.74, 6) is 0.660. The number of halogens is 3. The van der Waals surface area contributed by atoms with Crippen molar-refractivity contribution in [1.29, 1.82) is 0 Å². The zero-order chi connectivity index (χ0) is 21.8. The van der Waals surface area contributed by atoms with Crippen molar-refractivity contribution in [3.8, 4) is 0 Å². The Morgan fingerprint density at radius 3 is 2.81 bits per heavy atom. The maximum Gasteiger partial charge on any atom is 0.416 e. The Hall–Kier alpha value is -2.99. The van der Waals surface area contributed by atoms with E-state index in [1.165, 1.54) is 0 Å². The van der Waals surface area contributed by atoms with Crippen LogP contribution in [0, 0.1) is 0 Å². The number of benzene rings is 1. The maximum absolute atomic E-state index is 12.9. The summed E-state index contributed by atoms with van der Waals surface area (Å²) in [6.07, 6.45) is 0.438. The van der Waals surface area contributed by atoms with E-state index in [9.17, 15) is 21.6 Å². The third kappa shape index (κ3) is 3.55. The molecule has 1 aliphatic carbocycles. The zero-order valence-electron chi connectivity index (χ0n) is 16.0. The van der Waals surface area contributed by atoms with Crippen molar-refractivity contribution in [3.63, 3.8) is 0 Å². The summed E-state index contributed by atoms with van der Waals surface area (Å²) in [4.78, 5) is 6.91. The molecular weight excluding hydrogens is 433 g/mol. The molecule has 0 unspecified atom stereocenters. The van der Waals surface area contributed by atoms with E-state index < -0.39 is 32.7 Å². The highest BCUT2D eigenvalue weighted by molar-refractivity contribution is 7.89. The number of nitrogens with zero attached hydrogens (tertiary/aromatic N) is 4. The Morgan fingerprint density at radius 2 is 2.00 bits per heavy atom. The van der Waals surface area contributed by atoms with Gasteiger partial charge in [-0.2, -0.15) is 13.2 Å². The molecule has 1 aromatic carbocycles. The van der Waals surface area contributed by atoms with Crippen molar-refractivity contribution < 1.29 is 21.6 Å². The van der Waals surface area contributed by atoms with Crippen LogP contribution in [-0.4, -0.2) is 39.0 Å². The summed E-state index contributed by atoms with van der Waals surface area (Å²) in [6.45, 7) is 0. The van der Waals surface area contributed by atoms with Crippen molar-refractivity contribution in [3.05, 3.63) is 54.1 Å². The number of H-pyrrole nitrogens is 1. The van der Waals surface area contributed by atoms with Crippen LogP contribution in [0.3, 0.4) is 0 Å². The van der Waals surface area contributed by atoms with Gasteiger partial charge in [0.1, 0.15) is 5.82 Å². The molecule has 1 saturated carbocycles. The van der Waals surface area contributed by atoms with Crippen molar-refractivity contribution in [1.82, 2.24) is 29.3 Å². The monoisotopic (exact) mass is 450 g/mol. The molecule has 12 heteroatoms. The highest BCUT2D eigenvalue weighted by Crippen LogP contribution is 2.36. The summed E-state index contributed by atoms with van der Waals surface area (Å²) in [5, 5.41) is 8.46. The van der Waals surface area contributed by atoms with Crippen LogP contribution >= 0.6 is 0 Å². The van der Waals surface area contributed by atoms with Crippen molar-refractivity contribution >= 4 is 26.8 Å². The van der Waals surface area contributed by atoms with Gasteiger partial charge in [0.15, 0.2) is 11.3 Å².